The zero-order valence-electron chi connectivity index (χ0n) is 13.8. The maximum absolute atomic E-state index is 13.6. The number of amides is 2. The van der Waals surface area contributed by atoms with E-state index in [0.717, 1.165) is 31.3 Å². The second-order valence-electron chi connectivity index (χ2n) is 6.07. The number of hydrogen-bond acceptors (Lipinski definition) is 3. The van der Waals surface area contributed by atoms with E-state index in [1.807, 2.05) is 11.4 Å². The molecule has 0 aliphatic carbocycles. The van der Waals surface area contributed by atoms with Gasteiger partial charge in [0.25, 0.3) is 0 Å². The van der Waals surface area contributed by atoms with E-state index in [-0.39, 0.29) is 24.2 Å². The molecule has 0 bridgehead atoms. The Morgan fingerprint density at radius 3 is 2.72 bits per heavy atom. The molecule has 0 radical (unpaired) electrons. The Labute approximate surface area is 149 Å². The highest BCUT2D eigenvalue weighted by molar-refractivity contribution is 7.10. The van der Waals surface area contributed by atoms with Gasteiger partial charge in [-0.2, -0.15) is 0 Å². The Morgan fingerprint density at radius 1 is 1.20 bits per heavy atom. The number of thiophene rings is 1. The lowest BCUT2D eigenvalue weighted by atomic mass is 10.2. The highest BCUT2D eigenvalue weighted by Gasteiger charge is 2.24. The lowest BCUT2D eigenvalue weighted by Crippen LogP contribution is -2.41. The van der Waals surface area contributed by atoms with E-state index in [1.165, 1.54) is 17.7 Å². The van der Waals surface area contributed by atoms with Gasteiger partial charge >= 0.3 is 6.03 Å². The molecule has 1 aromatic carbocycles. The first-order valence-corrected chi connectivity index (χ1v) is 9.24. The number of carbonyl (C=O) groups is 1. The Morgan fingerprint density at radius 2 is 2.00 bits per heavy atom. The minimum absolute atomic E-state index is 0.0528. The maximum atomic E-state index is 13.6. The smallest absolute Gasteiger partial charge is 0.315 e. The molecule has 1 saturated heterocycles. The molecule has 134 valence electrons. The molecule has 3 rings (SSSR count). The third-order valence-corrected chi connectivity index (χ3v) is 5.33. The minimum atomic E-state index is -0.532. The van der Waals surface area contributed by atoms with Gasteiger partial charge in [0.2, 0.25) is 0 Å². The van der Waals surface area contributed by atoms with Gasteiger partial charge in [-0.05, 0) is 55.6 Å². The number of benzene rings is 1. The van der Waals surface area contributed by atoms with Crippen LogP contribution in [-0.4, -0.2) is 30.6 Å². The Hall–Kier alpha value is -1.99. The van der Waals surface area contributed by atoms with Crippen LogP contribution >= 0.6 is 11.3 Å². The minimum Gasteiger partial charge on any atom is -0.336 e. The number of halogens is 2. The molecular formula is C18H21F2N3OS. The molecule has 0 spiro atoms. The van der Waals surface area contributed by atoms with Gasteiger partial charge in [-0.3, -0.25) is 4.90 Å². The Kier molecular flexibility index (Phi) is 5.99. The molecule has 1 aliphatic heterocycles. The summed E-state index contributed by atoms with van der Waals surface area (Å²) in [6, 6.07) is 7.06. The molecule has 0 saturated carbocycles. The summed E-state index contributed by atoms with van der Waals surface area (Å²) in [5.74, 6) is -1.05. The van der Waals surface area contributed by atoms with Crippen LogP contribution in [0.25, 0.3) is 0 Å². The van der Waals surface area contributed by atoms with Crippen LogP contribution in [0.3, 0.4) is 0 Å². The van der Waals surface area contributed by atoms with Crippen molar-refractivity contribution in [3.05, 3.63) is 57.8 Å². The summed E-state index contributed by atoms with van der Waals surface area (Å²) in [5.41, 5.74) is 0.129. The summed E-state index contributed by atoms with van der Waals surface area (Å²) in [4.78, 5) is 15.6. The SMILES string of the molecule is O=C(NCc1cc(F)ccc1F)NCC(c1cccs1)N1CCCC1. The number of nitrogens with one attached hydrogen (secondary N) is 2. The molecule has 4 nitrogen and oxygen atoms in total. The first-order valence-electron chi connectivity index (χ1n) is 8.36. The second kappa shape index (κ2) is 8.40. The fourth-order valence-electron chi connectivity index (χ4n) is 3.05. The molecule has 2 heterocycles. The third kappa shape index (κ3) is 4.76. The number of hydrogen-bond donors (Lipinski definition) is 2. The highest BCUT2D eigenvalue weighted by atomic mass is 32.1. The van der Waals surface area contributed by atoms with E-state index in [0.29, 0.717) is 6.54 Å². The van der Waals surface area contributed by atoms with Crippen LogP contribution in [-0.2, 0) is 6.54 Å². The lowest BCUT2D eigenvalue weighted by Gasteiger charge is -2.27. The molecule has 1 atom stereocenters. The van der Waals surface area contributed by atoms with Gasteiger partial charge in [0.1, 0.15) is 11.6 Å². The monoisotopic (exact) mass is 365 g/mol. The van der Waals surface area contributed by atoms with Crippen molar-refractivity contribution in [2.45, 2.75) is 25.4 Å². The highest BCUT2D eigenvalue weighted by Crippen LogP contribution is 2.27. The van der Waals surface area contributed by atoms with Crippen LogP contribution in [0.1, 0.15) is 29.3 Å². The normalized spacial score (nSPS) is 15.9. The molecule has 7 heteroatoms. The Balaban J connectivity index is 1.53. The van der Waals surface area contributed by atoms with Gasteiger partial charge in [-0.25, -0.2) is 13.6 Å². The average molecular weight is 365 g/mol. The molecule has 2 aromatic rings. The van der Waals surface area contributed by atoms with Gasteiger partial charge in [0.05, 0.1) is 6.04 Å². The van der Waals surface area contributed by atoms with Crippen molar-refractivity contribution in [1.82, 2.24) is 15.5 Å². The van der Waals surface area contributed by atoms with Gasteiger partial charge in [0.15, 0.2) is 0 Å². The van der Waals surface area contributed by atoms with Crippen molar-refractivity contribution >= 4 is 17.4 Å². The number of likely N-dealkylation sites (tertiary alicyclic amines) is 1. The summed E-state index contributed by atoms with van der Waals surface area (Å²) in [6.07, 6.45) is 2.35. The van der Waals surface area contributed by atoms with Gasteiger partial charge in [0, 0.05) is 23.5 Å². The molecular weight excluding hydrogens is 344 g/mol. The van der Waals surface area contributed by atoms with Crippen molar-refractivity contribution in [2.24, 2.45) is 0 Å². The molecule has 1 fully saturated rings. The second-order valence-corrected chi connectivity index (χ2v) is 7.05. The quantitative estimate of drug-likeness (QED) is 0.821. The van der Waals surface area contributed by atoms with Crippen LogP contribution in [0.15, 0.2) is 35.7 Å². The van der Waals surface area contributed by atoms with Crippen molar-refractivity contribution in [3.8, 4) is 0 Å². The Bertz CT molecular complexity index is 702. The predicted molar refractivity (Wildman–Crippen MR) is 94.5 cm³/mol. The van der Waals surface area contributed by atoms with Crippen molar-refractivity contribution in [2.75, 3.05) is 19.6 Å². The van der Waals surface area contributed by atoms with Gasteiger partial charge < -0.3 is 10.6 Å². The number of urea groups is 1. The zero-order valence-corrected chi connectivity index (χ0v) is 14.6. The lowest BCUT2D eigenvalue weighted by molar-refractivity contribution is 0.222. The van der Waals surface area contributed by atoms with E-state index < -0.39 is 11.6 Å². The third-order valence-electron chi connectivity index (χ3n) is 4.36. The first-order chi connectivity index (χ1) is 12.1. The summed E-state index contributed by atoms with van der Waals surface area (Å²) in [5, 5.41) is 7.47. The molecule has 2 amide bonds. The van der Waals surface area contributed by atoms with Crippen molar-refractivity contribution in [3.63, 3.8) is 0 Å². The van der Waals surface area contributed by atoms with Gasteiger partial charge in [-0.15, -0.1) is 11.3 Å². The standard InChI is InChI=1S/C18H21F2N3OS/c19-14-5-6-15(20)13(10-14)11-21-18(24)22-12-16(17-4-3-9-25-17)23-7-1-2-8-23/h3-6,9-10,16H,1-2,7-8,11-12H2,(H2,21,22,24). The maximum Gasteiger partial charge on any atom is 0.315 e. The number of carbonyl (C=O) groups excluding carboxylic acids is 1. The van der Waals surface area contributed by atoms with E-state index in [4.69, 9.17) is 0 Å². The van der Waals surface area contributed by atoms with E-state index in [2.05, 4.69) is 21.6 Å². The van der Waals surface area contributed by atoms with E-state index >= 15 is 0 Å². The predicted octanol–water partition coefficient (Wildman–Crippen LogP) is 3.66. The fourth-order valence-corrected chi connectivity index (χ4v) is 3.91. The zero-order chi connectivity index (χ0) is 17.6. The fraction of sp³-hybridized carbons (Fsp3) is 0.389. The van der Waals surface area contributed by atoms with Gasteiger partial charge in [-0.1, -0.05) is 6.07 Å². The summed E-state index contributed by atoms with van der Waals surface area (Å²) in [6.45, 7) is 2.49. The molecule has 1 aliphatic rings. The number of nitrogens with zero attached hydrogens (tertiary/aromatic N) is 1. The van der Waals surface area contributed by atoms with Crippen LogP contribution < -0.4 is 10.6 Å². The van der Waals surface area contributed by atoms with Crippen molar-refractivity contribution < 1.29 is 13.6 Å². The van der Waals surface area contributed by atoms with Crippen LogP contribution in [0.4, 0.5) is 13.6 Å². The summed E-state index contributed by atoms with van der Waals surface area (Å²) in [7, 11) is 0. The average Bonchev–Trinajstić information content (AvgIpc) is 3.30. The molecule has 1 unspecified atom stereocenters. The number of rotatable bonds is 6. The first kappa shape index (κ1) is 17.8. The van der Waals surface area contributed by atoms with E-state index in [1.54, 1.807) is 11.3 Å². The summed E-state index contributed by atoms with van der Waals surface area (Å²) < 4.78 is 26.7. The van der Waals surface area contributed by atoms with Crippen LogP contribution in [0, 0.1) is 11.6 Å². The molecule has 2 N–H and O–H groups in total. The van der Waals surface area contributed by atoms with E-state index in [9.17, 15) is 13.6 Å². The molecule has 1 aromatic heterocycles. The van der Waals surface area contributed by atoms with Crippen molar-refractivity contribution in [1.29, 1.82) is 0 Å². The van der Waals surface area contributed by atoms with Crippen LogP contribution in [0.2, 0.25) is 0 Å². The largest absolute Gasteiger partial charge is 0.336 e. The molecule has 25 heavy (non-hydrogen) atoms. The van der Waals surface area contributed by atoms with Crippen LogP contribution in [0.5, 0.6) is 0 Å². The topological polar surface area (TPSA) is 44.4 Å². The summed E-state index contributed by atoms with van der Waals surface area (Å²) >= 11 is 1.68.